The van der Waals surface area contributed by atoms with Crippen LogP contribution in [-0.4, -0.2) is 32.1 Å². The zero-order chi connectivity index (χ0) is 14.8. The Labute approximate surface area is 124 Å². The molecule has 0 bridgehead atoms. The van der Waals surface area contributed by atoms with Gasteiger partial charge in [0.25, 0.3) is 0 Å². The number of hydrogen-bond donors (Lipinski definition) is 0. The lowest BCUT2D eigenvalue weighted by molar-refractivity contribution is -0.129. The molecule has 5 heteroatoms. The summed E-state index contributed by atoms with van der Waals surface area (Å²) in [5.41, 5.74) is 2.91. The van der Waals surface area contributed by atoms with E-state index >= 15 is 0 Å². The van der Waals surface area contributed by atoms with Gasteiger partial charge in [0.1, 0.15) is 0 Å². The fourth-order valence-corrected chi connectivity index (χ4v) is 3.03. The van der Waals surface area contributed by atoms with Gasteiger partial charge in [0, 0.05) is 26.2 Å². The van der Waals surface area contributed by atoms with E-state index in [1.807, 2.05) is 33.8 Å². The SMILES string of the molecule is CCn1nccc1-c1cccc([C@@H]2CCCN2C(C)=O)n1. The number of aromatic nitrogens is 3. The van der Waals surface area contributed by atoms with Gasteiger partial charge < -0.3 is 4.90 Å². The highest BCUT2D eigenvalue weighted by atomic mass is 16.2. The van der Waals surface area contributed by atoms with Crippen LogP contribution in [0.5, 0.6) is 0 Å². The summed E-state index contributed by atoms with van der Waals surface area (Å²) in [6.45, 7) is 5.35. The van der Waals surface area contributed by atoms with Crippen LogP contribution >= 0.6 is 0 Å². The third-order valence-electron chi connectivity index (χ3n) is 4.05. The van der Waals surface area contributed by atoms with Gasteiger partial charge in [-0.05, 0) is 38.0 Å². The minimum atomic E-state index is 0.112. The molecule has 2 aromatic heterocycles. The first kappa shape index (κ1) is 13.8. The van der Waals surface area contributed by atoms with Gasteiger partial charge >= 0.3 is 0 Å². The third-order valence-corrected chi connectivity index (χ3v) is 4.05. The van der Waals surface area contributed by atoms with Crippen molar-refractivity contribution in [1.82, 2.24) is 19.7 Å². The Kier molecular flexibility index (Phi) is 3.73. The molecular formula is C16H20N4O. The normalized spacial score (nSPS) is 18.2. The van der Waals surface area contributed by atoms with Gasteiger partial charge in [0.05, 0.1) is 23.1 Å². The van der Waals surface area contributed by atoms with Crippen molar-refractivity contribution < 1.29 is 4.79 Å². The molecule has 0 unspecified atom stereocenters. The summed E-state index contributed by atoms with van der Waals surface area (Å²) < 4.78 is 1.93. The highest BCUT2D eigenvalue weighted by molar-refractivity contribution is 5.74. The predicted molar refractivity (Wildman–Crippen MR) is 80.5 cm³/mol. The molecule has 3 rings (SSSR count). The van der Waals surface area contributed by atoms with Gasteiger partial charge in [-0.1, -0.05) is 6.07 Å². The van der Waals surface area contributed by atoms with E-state index in [9.17, 15) is 4.79 Å². The quantitative estimate of drug-likeness (QED) is 0.870. The molecule has 0 spiro atoms. The number of likely N-dealkylation sites (tertiary alicyclic amines) is 1. The molecule has 1 atom stereocenters. The fourth-order valence-electron chi connectivity index (χ4n) is 3.03. The van der Waals surface area contributed by atoms with Gasteiger partial charge in [-0.25, -0.2) is 4.98 Å². The van der Waals surface area contributed by atoms with Gasteiger partial charge in [0.15, 0.2) is 0 Å². The van der Waals surface area contributed by atoms with Crippen molar-refractivity contribution in [3.63, 3.8) is 0 Å². The molecule has 1 aliphatic heterocycles. The lowest BCUT2D eigenvalue weighted by Gasteiger charge is -2.23. The van der Waals surface area contributed by atoms with Crippen LogP contribution in [-0.2, 0) is 11.3 Å². The topological polar surface area (TPSA) is 51.0 Å². The number of amides is 1. The minimum absolute atomic E-state index is 0.112. The number of nitrogens with zero attached hydrogens (tertiary/aromatic N) is 4. The summed E-state index contributed by atoms with van der Waals surface area (Å²) in [6, 6.07) is 8.12. The van der Waals surface area contributed by atoms with Crippen LogP contribution in [0, 0.1) is 0 Å². The molecule has 0 saturated carbocycles. The average molecular weight is 284 g/mol. The molecule has 110 valence electrons. The molecule has 3 heterocycles. The summed E-state index contributed by atoms with van der Waals surface area (Å²) in [7, 11) is 0. The van der Waals surface area contributed by atoms with Crippen molar-refractivity contribution in [3.8, 4) is 11.4 Å². The van der Waals surface area contributed by atoms with Crippen molar-refractivity contribution in [1.29, 1.82) is 0 Å². The van der Waals surface area contributed by atoms with Crippen LogP contribution in [0.2, 0.25) is 0 Å². The van der Waals surface area contributed by atoms with Crippen molar-refractivity contribution in [2.45, 2.75) is 39.3 Å². The molecule has 0 aliphatic carbocycles. The van der Waals surface area contributed by atoms with Crippen molar-refractivity contribution in [3.05, 3.63) is 36.2 Å². The highest BCUT2D eigenvalue weighted by Gasteiger charge is 2.29. The first-order chi connectivity index (χ1) is 10.2. The maximum absolute atomic E-state index is 11.7. The number of aryl methyl sites for hydroxylation is 1. The number of pyridine rings is 1. The van der Waals surface area contributed by atoms with E-state index in [-0.39, 0.29) is 11.9 Å². The Hall–Kier alpha value is -2.17. The van der Waals surface area contributed by atoms with Crippen LogP contribution in [0.3, 0.4) is 0 Å². The highest BCUT2D eigenvalue weighted by Crippen LogP contribution is 2.31. The summed E-state index contributed by atoms with van der Waals surface area (Å²) in [6.07, 6.45) is 3.83. The number of carbonyl (C=O) groups is 1. The Morgan fingerprint density at radius 2 is 2.24 bits per heavy atom. The molecule has 0 N–H and O–H groups in total. The molecule has 2 aromatic rings. The molecule has 1 fully saturated rings. The third kappa shape index (κ3) is 2.55. The molecule has 0 aromatic carbocycles. The van der Waals surface area contributed by atoms with Gasteiger partial charge in [-0.3, -0.25) is 9.48 Å². The minimum Gasteiger partial charge on any atom is -0.334 e. The Morgan fingerprint density at radius 3 is 3.00 bits per heavy atom. The first-order valence-corrected chi connectivity index (χ1v) is 7.47. The summed E-state index contributed by atoms with van der Waals surface area (Å²) in [4.78, 5) is 18.4. The molecular weight excluding hydrogens is 264 g/mol. The van der Waals surface area contributed by atoms with Crippen molar-refractivity contribution >= 4 is 5.91 Å². The summed E-state index contributed by atoms with van der Waals surface area (Å²) >= 11 is 0. The predicted octanol–water partition coefficient (Wildman–Crippen LogP) is 2.65. The van der Waals surface area contributed by atoms with E-state index in [1.165, 1.54) is 0 Å². The van der Waals surface area contributed by atoms with Gasteiger partial charge in [-0.15, -0.1) is 0 Å². The van der Waals surface area contributed by atoms with Crippen molar-refractivity contribution in [2.24, 2.45) is 0 Å². The number of hydrogen-bond acceptors (Lipinski definition) is 3. The molecule has 1 saturated heterocycles. The smallest absolute Gasteiger partial charge is 0.220 e. The second-order valence-corrected chi connectivity index (χ2v) is 5.35. The van der Waals surface area contributed by atoms with Gasteiger partial charge in [0.2, 0.25) is 5.91 Å². The first-order valence-electron chi connectivity index (χ1n) is 7.47. The van der Waals surface area contributed by atoms with Crippen LogP contribution < -0.4 is 0 Å². The summed E-state index contributed by atoms with van der Waals surface area (Å²) in [5, 5.41) is 4.29. The molecule has 1 amide bonds. The summed E-state index contributed by atoms with van der Waals surface area (Å²) in [5.74, 6) is 0.128. The molecule has 1 aliphatic rings. The van der Waals surface area contributed by atoms with E-state index in [1.54, 1.807) is 13.1 Å². The van der Waals surface area contributed by atoms with Crippen LogP contribution in [0.15, 0.2) is 30.5 Å². The van der Waals surface area contributed by atoms with Gasteiger partial charge in [-0.2, -0.15) is 5.10 Å². The maximum atomic E-state index is 11.7. The van der Waals surface area contributed by atoms with Crippen molar-refractivity contribution in [2.75, 3.05) is 6.54 Å². The second-order valence-electron chi connectivity index (χ2n) is 5.35. The molecule has 21 heavy (non-hydrogen) atoms. The van der Waals surface area contributed by atoms with E-state index in [0.717, 1.165) is 43.0 Å². The fraction of sp³-hybridized carbons (Fsp3) is 0.438. The Bertz CT molecular complexity index is 649. The standard InChI is InChI=1S/C16H20N4O/c1-3-20-16(9-10-17-20)14-7-4-6-13(18-14)15-8-5-11-19(15)12(2)21/h4,6-7,9-10,15H,3,5,8,11H2,1-2H3/t15-/m0/s1. The van der Waals surface area contributed by atoms with E-state index in [4.69, 9.17) is 4.98 Å². The zero-order valence-corrected chi connectivity index (χ0v) is 12.5. The van der Waals surface area contributed by atoms with E-state index in [2.05, 4.69) is 12.0 Å². The average Bonchev–Trinajstić information content (AvgIpc) is 3.16. The monoisotopic (exact) mass is 284 g/mol. The molecule has 5 nitrogen and oxygen atoms in total. The number of rotatable bonds is 3. The number of carbonyl (C=O) groups excluding carboxylic acids is 1. The molecule has 0 radical (unpaired) electrons. The van der Waals surface area contributed by atoms with E-state index in [0.29, 0.717) is 0 Å². The van der Waals surface area contributed by atoms with Crippen LogP contribution in [0.4, 0.5) is 0 Å². The lowest BCUT2D eigenvalue weighted by Crippen LogP contribution is -2.28. The lowest BCUT2D eigenvalue weighted by atomic mass is 10.1. The zero-order valence-electron chi connectivity index (χ0n) is 12.5. The van der Waals surface area contributed by atoms with E-state index < -0.39 is 0 Å². The van der Waals surface area contributed by atoms with Crippen LogP contribution in [0.25, 0.3) is 11.4 Å². The second kappa shape index (κ2) is 5.68. The van der Waals surface area contributed by atoms with Crippen LogP contribution in [0.1, 0.15) is 38.4 Å². The Balaban J connectivity index is 1.95. The largest absolute Gasteiger partial charge is 0.334 e. The Morgan fingerprint density at radius 1 is 1.38 bits per heavy atom. The maximum Gasteiger partial charge on any atom is 0.220 e.